The molecule has 25 heavy (non-hydrogen) atoms. The molecule has 0 aliphatic heterocycles. The number of carbonyl (C=O) groups is 3. The molecule has 3 N–H and O–H groups in total. The highest BCUT2D eigenvalue weighted by Gasteiger charge is 2.24. The number of carboxylic acid groups (broad SMARTS) is 1. The first kappa shape index (κ1) is 20.4. The number of nitrogens with one attached hydrogen (secondary N) is 2. The highest BCUT2D eigenvalue weighted by Crippen LogP contribution is 2.22. The summed E-state index contributed by atoms with van der Waals surface area (Å²) in [5.74, 6) is -3.12. The van der Waals surface area contributed by atoms with Gasteiger partial charge in [-0.2, -0.15) is 0 Å². The lowest BCUT2D eigenvalue weighted by Crippen LogP contribution is -2.41. The first-order valence-corrected chi connectivity index (χ1v) is 7.66. The van der Waals surface area contributed by atoms with Gasteiger partial charge in [0.25, 0.3) is 0 Å². The zero-order valence-corrected chi connectivity index (χ0v) is 14.7. The van der Waals surface area contributed by atoms with Crippen LogP contribution in [0.5, 0.6) is 5.75 Å². The SMILES string of the molecule is COc1ccc(C(NC(=O)CNC(=O)CC(C)(C)C)C(=O)O)cc1F. The molecular formula is C17H23FN2O5. The van der Waals surface area contributed by atoms with E-state index in [1.165, 1.54) is 19.2 Å². The Kier molecular flexibility index (Phi) is 6.90. The number of aliphatic carboxylic acids is 1. The Balaban J connectivity index is 2.72. The number of benzene rings is 1. The average Bonchev–Trinajstić information content (AvgIpc) is 2.48. The van der Waals surface area contributed by atoms with Crippen LogP contribution in [0.1, 0.15) is 38.8 Å². The van der Waals surface area contributed by atoms with Gasteiger partial charge in [0.05, 0.1) is 13.7 Å². The van der Waals surface area contributed by atoms with E-state index in [9.17, 15) is 23.9 Å². The second-order valence-electron chi connectivity index (χ2n) is 6.75. The first-order chi connectivity index (χ1) is 11.5. The van der Waals surface area contributed by atoms with E-state index in [0.717, 1.165) is 6.07 Å². The molecule has 2 amide bonds. The Morgan fingerprint density at radius 1 is 1.24 bits per heavy atom. The van der Waals surface area contributed by atoms with Gasteiger partial charge in [-0.05, 0) is 23.1 Å². The van der Waals surface area contributed by atoms with Crippen LogP contribution in [0.4, 0.5) is 4.39 Å². The van der Waals surface area contributed by atoms with E-state index in [2.05, 4.69) is 10.6 Å². The predicted octanol–water partition coefficient (Wildman–Crippen LogP) is 1.63. The average molecular weight is 354 g/mol. The van der Waals surface area contributed by atoms with Crippen LogP contribution < -0.4 is 15.4 Å². The third-order valence-corrected chi connectivity index (χ3v) is 3.20. The van der Waals surface area contributed by atoms with Crippen LogP contribution in [0.25, 0.3) is 0 Å². The van der Waals surface area contributed by atoms with E-state index < -0.39 is 23.7 Å². The summed E-state index contributed by atoms with van der Waals surface area (Å²) >= 11 is 0. The van der Waals surface area contributed by atoms with Gasteiger partial charge in [0.1, 0.15) is 0 Å². The lowest BCUT2D eigenvalue weighted by molar-refractivity contribution is -0.142. The van der Waals surface area contributed by atoms with Gasteiger partial charge >= 0.3 is 5.97 Å². The van der Waals surface area contributed by atoms with Crippen molar-refractivity contribution < 1.29 is 28.6 Å². The van der Waals surface area contributed by atoms with Crippen LogP contribution in [-0.4, -0.2) is 36.5 Å². The quantitative estimate of drug-likeness (QED) is 0.690. The minimum absolute atomic E-state index is 0.0336. The Bertz CT molecular complexity index is 655. The summed E-state index contributed by atoms with van der Waals surface area (Å²) < 4.78 is 18.5. The third-order valence-electron chi connectivity index (χ3n) is 3.20. The number of carboxylic acids is 1. The van der Waals surface area contributed by atoms with E-state index in [4.69, 9.17) is 4.74 Å². The fourth-order valence-corrected chi connectivity index (χ4v) is 2.08. The maximum Gasteiger partial charge on any atom is 0.330 e. The number of amides is 2. The van der Waals surface area contributed by atoms with Crippen molar-refractivity contribution in [3.63, 3.8) is 0 Å². The molecule has 1 rings (SSSR count). The summed E-state index contributed by atoms with van der Waals surface area (Å²) in [6, 6.07) is 2.17. The molecule has 0 aromatic heterocycles. The molecule has 0 aliphatic carbocycles. The molecule has 1 aromatic carbocycles. The molecule has 0 radical (unpaired) electrons. The van der Waals surface area contributed by atoms with Crippen molar-refractivity contribution in [2.45, 2.75) is 33.2 Å². The van der Waals surface area contributed by atoms with Crippen LogP contribution in [0.2, 0.25) is 0 Å². The van der Waals surface area contributed by atoms with E-state index in [0.29, 0.717) is 0 Å². The molecule has 0 heterocycles. The van der Waals surface area contributed by atoms with Crippen LogP contribution in [0.15, 0.2) is 18.2 Å². The number of halogens is 1. The summed E-state index contributed by atoms with van der Waals surface area (Å²) in [5, 5.41) is 13.9. The number of methoxy groups -OCH3 is 1. The van der Waals surface area contributed by atoms with Crippen molar-refractivity contribution in [2.24, 2.45) is 5.41 Å². The van der Waals surface area contributed by atoms with Gasteiger partial charge in [-0.15, -0.1) is 0 Å². The third kappa shape index (κ3) is 6.78. The van der Waals surface area contributed by atoms with Gasteiger partial charge in [0.15, 0.2) is 17.6 Å². The molecule has 0 aliphatic rings. The largest absolute Gasteiger partial charge is 0.494 e. The summed E-state index contributed by atoms with van der Waals surface area (Å²) in [6.45, 7) is 5.28. The molecular weight excluding hydrogens is 331 g/mol. The van der Waals surface area contributed by atoms with Crippen molar-refractivity contribution in [2.75, 3.05) is 13.7 Å². The smallest absolute Gasteiger partial charge is 0.330 e. The minimum atomic E-state index is -1.44. The zero-order valence-electron chi connectivity index (χ0n) is 14.7. The Morgan fingerprint density at radius 3 is 2.36 bits per heavy atom. The molecule has 0 bridgehead atoms. The van der Waals surface area contributed by atoms with Gasteiger partial charge in [0, 0.05) is 6.42 Å². The Labute approximate surface area is 145 Å². The van der Waals surface area contributed by atoms with E-state index in [-0.39, 0.29) is 35.6 Å². The number of hydrogen-bond donors (Lipinski definition) is 3. The molecule has 1 aromatic rings. The van der Waals surface area contributed by atoms with Crippen molar-refractivity contribution in [3.8, 4) is 5.75 Å². The number of rotatable bonds is 7. The fraction of sp³-hybridized carbons (Fsp3) is 0.471. The standard InChI is InChI=1S/C17H23FN2O5/c1-17(2,3)8-13(21)19-9-14(22)20-15(16(23)24)10-5-6-12(25-4)11(18)7-10/h5-7,15H,8-9H2,1-4H3,(H,19,21)(H,20,22)(H,23,24). The van der Waals surface area contributed by atoms with Crippen molar-refractivity contribution in [1.82, 2.24) is 10.6 Å². The van der Waals surface area contributed by atoms with Gasteiger partial charge in [-0.25, -0.2) is 9.18 Å². The molecule has 1 unspecified atom stereocenters. The second kappa shape index (κ2) is 8.46. The molecule has 7 nitrogen and oxygen atoms in total. The normalized spacial score (nSPS) is 12.2. The highest BCUT2D eigenvalue weighted by atomic mass is 19.1. The molecule has 0 saturated carbocycles. The maximum atomic E-state index is 13.7. The Morgan fingerprint density at radius 2 is 1.88 bits per heavy atom. The van der Waals surface area contributed by atoms with Crippen molar-refractivity contribution >= 4 is 17.8 Å². The second-order valence-corrected chi connectivity index (χ2v) is 6.75. The number of hydrogen-bond acceptors (Lipinski definition) is 4. The van der Waals surface area contributed by atoms with Crippen LogP contribution in [0, 0.1) is 11.2 Å². The molecule has 0 fully saturated rings. The number of carbonyl (C=O) groups excluding carboxylic acids is 2. The summed E-state index contributed by atoms with van der Waals surface area (Å²) in [5.41, 5.74) is -0.176. The molecule has 1 atom stereocenters. The Hall–Kier alpha value is -2.64. The minimum Gasteiger partial charge on any atom is -0.494 e. The molecule has 138 valence electrons. The first-order valence-electron chi connectivity index (χ1n) is 7.66. The fourth-order valence-electron chi connectivity index (χ4n) is 2.08. The van der Waals surface area contributed by atoms with Crippen molar-refractivity contribution in [1.29, 1.82) is 0 Å². The van der Waals surface area contributed by atoms with Gasteiger partial charge in [-0.3, -0.25) is 9.59 Å². The zero-order chi connectivity index (χ0) is 19.2. The predicted molar refractivity (Wildman–Crippen MR) is 88.6 cm³/mol. The summed E-state index contributed by atoms with van der Waals surface area (Å²) in [4.78, 5) is 35.0. The summed E-state index contributed by atoms with van der Waals surface area (Å²) in [6.07, 6.45) is 0.229. The van der Waals surface area contributed by atoms with Crippen LogP contribution in [0.3, 0.4) is 0 Å². The lowest BCUT2D eigenvalue weighted by Gasteiger charge is -2.18. The molecule has 8 heteroatoms. The van der Waals surface area contributed by atoms with Gasteiger partial charge in [0.2, 0.25) is 11.8 Å². The molecule has 0 saturated heterocycles. The summed E-state index contributed by atoms with van der Waals surface area (Å²) in [7, 11) is 1.29. The maximum absolute atomic E-state index is 13.7. The van der Waals surface area contributed by atoms with Crippen LogP contribution in [-0.2, 0) is 14.4 Å². The van der Waals surface area contributed by atoms with Crippen molar-refractivity contribution in [3.05, 3.63) is 29.6 Å². The number of ether oxygens (including phenoxy) is 1. The highest BCUT2D eigenvalue weighted by molar-refractivity contribution is 5.88. The monoisotopic (exact) mass is 354 g/mol. The molecule has 0 spiro atoms. The lowest BCUT2D eigenvalue weighted by atomic mass is 9.92. The van der Waals surface area contributed by atoms with E-state index in [1.807, 2.05) is 20.8 Å². The van der Waals surface area contributed by atoms with Gasteiger partial charge in [-0.1, -0.05) is 26.8 Å². The van der Waals surface area contributed by atoms with Crippen LogP contribution >= 0.6 is 0 Å². The van der Waals surface area contributed by atoms with Gasteiger partial charge < -0.3 is 20.5 Å². The van der Waals surface area contributed by atoms with E-state index >= 15 is 0 Å². The van der Waals surface area contributed by atoms with E-state index in [1.54, 1.807) is 0 Å². The topological polar surface area (TPSA) is 105 Å².